The second-order valence-electron chi connectivity index (χ2n) is 2.90. The van der Waals surface area contributed by atoms with Crippen LogP contribution >= 0.6 is 0 Å². The lowest BCUT2D eigenvalue weighted by Gasteiger charge is -2.26. The molecule has 0 radical (unpaired) electrons. The summed E-state index contributed by atoms with van der Waals surface area (Å²) >= 11 is 0. The van der Waals surface area contributed by atoms with Crippen molar-refractivity contribution in [3.05, 3.63) is 0 Å². The SMILES string of the molecule is CCCCCN1NCCCO1. The molecule has 1 saturated heterocycles. The molecule has 3 nitrogen and oxygen atoms in total. The van der Waals surface area contributed by atoms with Crippen LogP contribution < -0.4 is 5.43 Å². The summed E-state index contributed by atoms with van der Waals surface area (Å²) < 4.78 is 0. The molecule has 66 valence electrons. The Labute approximate surface area is 68.6 Å². The lowest BCUT2D eigenvalue weighted by molar-refractivity contribution is -0.217. The van der Waals surface area contributed by atoms with E-state index in [2.05, 4.69) is 12.3 Å². The van der Waals surface area contributed by atoms with Crippen molar-refractivity contribution in [2.75, 3.05) is 19.7 Å². The Balaban J connectivity index is 1.96. The second kappa shape index (κ2) is 5.52. The van der Waals surface area contributed by atoms with Crippen molar-refractivity contribution in [3.63, 3.8) is 0 Å². The number of hydroxylamine groups is 1. The first-order valence-electron chi connectivity index (χ1n) is 4.57. The molecule has 0 aromatic carbocycles. The second-order valence-corrected chi connectivity index (χ2v) is 2.90. The van der Waals surface area contributed by atoms with Crippen molar-refractivity contribution in [1.29, 1.82) is 0 Å². The van der Waals surface area contributed by atoms with Gasteiger partial charge in [-0.3, -0.25) is 4.84 Å². The third-order valence-corrected chi connectivity index (χ3v) is 1.82. The van der Waals surface area contributed by atoms with E-state index in [-0.39, 0.29) is 0 Å². The Morgan fingerprint density at radius 2 is 2.36 bits per heavy atom. The van der Waals surface area contributed by atoms with Crippen molar-refractivity contribution < 1.29 is 4.84 Å². The van der Waals surface area contributed by atoms with E-state index in [1.165, 1.54) is 19.3 Å². The molecule has 0 saturated carbocycles. The molecule has 0 spiro atoms. The zero-order valence-corrected chi connectivity index (χ0v) is 7.31. The smallest absolute Gasteiger partial charge is 0.0714 e. The Bertz CT molecular complexity index is 92.1. The van der Waals surface area contributed by atoms with E-state index in [0.717, 1.165) is 26.1 Å². The molecule has 0 amide bonds. The number of unbranched alkanes of at least 4 members (excludes halogenated alkanes) is 2. The molecule has 0 atom stereocenters. The van der Waals surface area contributed by atoms with E-state index in [1.54, 1.807) is 0 Å². The van der Waals surface area contributed by atoms with E-state index in [1.807, 2.05) is 5.17 Å². The summed E-state index contributed by atoms with van der Waals surface area (Å²) in [5, 5.41) is 1.87. The quantitative estimate of drug-likeness (QED) is 0.624. The molecule has 0 bridgehead atoms. The fourth-order valence-electron chi connectivity index (χ4n) is 1.15. The molecule has 1 aliphatic rings. The number of hydrogen-bond donors (Lipinski definition) is 1. The first kappa shape index (κ1) is 8.97. The molecule has 0 aromatic rings. The van der Waals surface area contributed by atoms with Crippen LogP contribution in [0.2, 0.25) is 0 Å². The van der Waals surface area contributed by atoms with Gasteiger partial charge >= 0.3 is 0 Å². The molecule has 0 aliphatic carbocycles. The van der Waals surface area contributed by atoms with Gasteiger partial charge in [-0.1, -0.05) is 19.8 Å². The highest BCUT2D eigenvalue weighted by Gasteiger charge is 2.07. The summed E-state index contributed by atoms with van der Waals surface area (Å²) in [6.07, 6.45) is 4.92. The highest BCUT2D eigenvalue weighted by Crippen LogP contribution is 2.00. The molecular weight excluding hydrogens is 140 g/mol. The summed E-state index contributed by atoms with van der Waals surface area (Å²) in [7, 11) is 0. The van der Waals surface area contributed by atoms with E-state index in [9.17, 15) is 0 Å². The topological polar surface area (TPSA) is 24.5 Å². The van der Waals surface area contributed by atoms with E-state index in [0.29, 0.717) is 0 Å². The van der Waals surface area contributed by atoms with Crippen LogP contribution in [0.1, 0.15) is 32.6 Å². The molecule has 1 fully saturated rings. The maximum absolute atomic E-state index is 5.35. The largest absolute Gasteiger partial charge is 0.284 e. The number of nitrogens with one attached hydrogen (secondary N) is 1. The van der Waals surface area contributed by atoms with Crippen LogP contribution in [0.4, 0.5) is 0 Å². The van der Waals surface area contributed by atoms with Crippen molar-refractivity contribution in [1.82, 2.24) is 10.6 Å². The van der Waals surface area contributed by atoms with Gasteiger partial charge in [0.15, 0.2) is 0 Å². The van der Waals surface area contributed by atoms with E-state index in [4.69, 9.17) is 4.84 Å². The first-order chi connectivity index (χ1) is 5.43. The van der Waals surface area contributed by atoms with Gasteiger partial charge < -0.3 is 0 Å². The number of hydrogen-bond acceptors (Lipinski definition) is 3. The van der Waals surface area contributed by atoms with Crippen LogP contribution in [0.3, 0.4) is 0 Å². The van der Waals surface area contributed by atoms with Crippen molar-refractivity contribution in [2.24, 2.45) is 0 Å². The van der Waals surface area contributed by atoms with Crippen LogP contribution in [0.5, 0.6) is 0 Å². The Morgan fingerprint density at radius 1 is 1.45 bits per heavy atom. The number of rotatable bonds is 4. The highest BCUT2D eigenvalue weighted by atomic mass is 16.7. The van der Waals surface area contributed by atoms with Gasteiger partial charge in [-0.05, 0) is 12.8 Å². The van der Waals surface area contributed by atoms with Gasteiger partial charge in [0.1, 0.15) is 0 Å². The fourth-order valence-corrected chi connectivity index (χ4v) is 1.15. The van der Waals surface area contributed by atoms with Gasteiger partial charge in [0, 0.05) is 13.1 Å². The normalized spacial score (nSPS) is 20.5. The van der Waals surface area contributed by atoms with Crippen LogP contribution in [0.15, 0.2) is 0 Å². The van der Waals surface area contributed by atoms with Gasteiger partial charge in [-0.25, -0.2) is 5.43 Å². The third kappa shape index (κ3) is 3.70. The minimum atomic E-state index is 0.874. The minimum Gasteiger partial charge on any atom is -0.284 e. The number of hydrazine groups is 1. The molecular formula is C8H18N2O. The monoisotopic (exact) mass is 158 g/mol. The van der Waals surface area contributed by atoms with Crippen LogP contribution in [-0.2, 0) is 4.84 Å². The third-order valence-electron chi connectivity index (χ3n) is 1.82. The lowest BCUT2D eigenvalue weighted by Crippen LogP contribution is -2.43. The van der Waals surface area contributed by atoms with Crippen molar-refractivity contribution in [2.45, 2.75) is 32.6 Å². The Kier molecular flexibility index (Phi) is 4.50. The van der Waals surface area contributed by atoms with Crippen molar-refractivity contribution >= 4 is 0 Å². The summed E-state index contributed by atoms with van der Waals surface area (Å²) in [6, 6.07) is 0. The van der Waals surface area contributed by atoms with Gasteiger partial charge in [-0.2, -0.15) is 0 Å². The Hall–Kier alpha value is -0.120. The zero-order chi connectivity index (χ0) is 7.94. The van der Waals surface area contributed by atoms with E-state index >= 15 is 0 Å². The zero-order valence-electron chi connectivity index (χ0n) is 7.31. The fraction of sp³-hybridized carbons (Fsp3) is 1.00. The number of nitrogens with zero attached hydrogens (tertiary/aromatic N) is 1. The maximum atomic E-state index is 5.35. The molecule has 1 heterocycles. The summed E-state index contributed by atoms with van der Waals surface area (Å²) in [5.74, 6) is 0. The molecule has 1 aliphatic heterocycles. The summed E-state index contributed by atoms with van der Waals surface area (Å²) in [6.45, 7) is 5.17. The molecule has 0 unspecified atom stereocenters. The summed E-state index contributed by atoms with van der Waals surface area (Å²) in [5.41, 5.74) is 3.19. The Morgan fingerprint density at radius 3 is 3.00 bits per heavy atom. The van der Waals surface area contributed by atoms with E-state index < -0.39 is 0 Å². The lowest BCUT2D eigenvalue weighted by atomic mass is 10.2. The van der Waals surface area contributed by atoms with Gasteiger partial charge in [0.05, 0.1) is 6.61 Å². The maximum Gasteiger partial charge on any atom is 0.0714 e. The molecule has 1 rings (SSSR count). The van der Waals surface area contributed by atoms with Gasteiger partial charge in [-0.15, -0.1) is 5.17 Å². The average molecular weight is 158 g/mol. The molecule has 3 heteroatoms. The van der Waals surface area contributed by atoms with Crippen LogP contribution in [0.25, 0.3) is 0 Å². The average Bonchev–Trinajstić information content (AvgIpc) is 2.07. The van der Waals surface area contributed by atoms with Crippen molar-refractivity contribution in [3.8, 4) is 0 Å². The molecule has 11 heavy (non-hydrogen) atoms. The van der Waals surface area contributed by atoms with Gasteiger partial charge in [0.2, 0.25) is 0 Å². The molecule has 1 N–H and O–H groups in total. The predicted octanol–water partition coefficient (Wildman–Crippen LogP) is 1.32. The molecule has 0 aromatic heterocycles. The van der Waals surface area contributed by atoms with Crippen LogP contribution in [0, 0.1) is 0 Å². The first-order valence-corrected chi connectivity index (χ1v) is 4.57. The minimum absolute atomic E-state index is 0.874. The van der Waals surface area contributed by atoms with Crippen LogP contribution in [-0.4, -0.2) is 24.9 Å². The summed E-state index contributed by atoms with van der Waals surface area (Å²) in [4.78, 5) is 5.35. The highest BCUT2D eigenvalue weighted by molar-refractivity contribution is 4.49. The standard InChI is InChI=1S/C8H18N2O/c1-2-3-4-7-10-9-6-5-8-11-10/h9H,2-8H2,1H3. The predicted molar refractivity (Wildman–Crippen MR) is 44.8 cm³/mol. The van der Waals surface area contributed by atoms with Gasteiger partial charge in [0.25, 0.3) is 0 Å².